The molecule has 3 aromatic heterocycles. The Morgan fingerprint density at radius 1 is 1.57 bits per heavy atom. The van der Waals surface area contributed by atoms with Crippen LogP contribution in [-0.4, -0.2) is 17.3 Å². The molecule has 1 atom stereocenters. The summed E-state index contributed by atoms with van der Waals surface area (Å²) in [6.45, 7) is 0.543. The molecule has 0 aliphatic heterocycles. The third-order valence-electron chi connectivity index (χ3n) is 3.25. The molecule has 3 N–H and O–H groups in total. The van der Waals surface area contributed by atoms with Crippen LogP contribution < -0.4 is 11.1 Å². The lowest BCUT2D eigenvalue weighted by atomic mass is 10.2. The Balaban J connectivity index is 1.96. The molecule has 3 aromatic rings. The summed E-state index contributed by atoms with van der Waals surface area (Å²) in [4.78, 5) is 16.1. The van der Waals surface area contributed by atoms with Crippen molar-refractivity contribution in [3.05, 3.63) is 44.7 Å². The van der Waals surface area contributed by atoms with Crippen molar-refractivity contribution < 1.29 is 9.21 Å². The third kappa shape index (κ3) is 3.58. The average molecular weight is 415 g/mol. The van der Waals surface area contributed by atoms with Gasteiger partial charge in [0.1, 0.15) is 17.2 Å². The van der Waals surface area contributed by atoms with E-state index < -0.39 is 6.04 Å². The first-order valence-corrected chi connectivity index (χ1v) is 8.81. The number of rotatable bonds is 6. The minimum atomic E-state index is -0.533. The van der Waals surface area contributed by atoms with E-state index in [4.69, 9.17) is 21.8 Å². The summed E-state index contributed by atoms with van der Waals surface area (Å²) in [7, 11) is 0. The fourth-order valence-electron chi connectivity index (χ4n) is 2.17. The second kappa shape index (κ2) is 7.00. The van der Waals surface area contributed by atoms with Crippen LogP contribution in [0, 0.1) is 0 Å². The Bertz CT molecular complexity index is 835. The Morgan fingerprint density at radius 2 is 2.39 bits per heavy atom. The van der Waals surface area contributed by atoms with Crippen LogP contribution in [0.15, 0.2) is 33.4 Å². The maximum atomic E-state index is 10.8. The van der Waals surface area contributed by atoms with Crippen LogP contribution in [0.5, 0.6) is 0 Å². The van der Waals surface area contributed by atoms with E-state index in [-0.39, 0.29) is 0 Å². The second-order valence-electron chi connectivity index (χ2n) is 4.95. The Labute approximate surface area is 150 Å². The van der Waals surface area contributed by atoms with E-state index >= 15 is 0 Å². The average Bonchev–Trinajstić information content (AvgIpc) is 3.15. The van der Waals surface area contributed by atoms with Gasteiger partial charge in [0.05, 0.1) is 39.2 Å². The number of thiophene rings is 1. The van der Waals surface area contributed by atoms with Crippen LogP contribution in [0.4, 0.5) is 5.69 Å². The predicted molar refractivity (Wildman–Crippen MR) is 96.1 cm³/mol. The molecule has 0 aliphatic rings. The van der Waals surface area contributed by atoms with E-state index in [2.05, 4.69) is 26.2 Å². The molecular weight excluding hydrogens is 402 g/mol. The number of hydrogen-bond donors (Lipinski definition) is 2. The first kappa shape index (κ1) is 16.4. The van der Waals surface area contributed by atoms with Gasteiger partial charge in [-0.05, 0) is 28.1 Å². The number of nitrogens with two attached hydrogens (primary N) is 1. The molecule has 0 saturated heterocycles. The number of aldehydes is 1. The number of carbonyl (C=O) groups is 1. The summed E-state index contributed by atoms with van der Waals surface area (Å²) in [6.07, 6.45) is 2.83. The van der Waals surface area contributed by atoms with Crippen molar-refractivity contribution >= 4 is 61.1 Å². The molecule has 0 radical (unpaired) electrons. The minimum absolute atomic E-state index is 0.393. The van der Waals surface area contributed by atoms with E-state index in [1.54, 1.807) is 23.7 Å². The van der Waals surface area contributed by atoms with Crippen LogP contribution >= 0.6 is 38.9 Å². The molecule has 120 valence electrons. The summed E-state index contributed by atoms with van der Waals surface area (Å²) in [5.41, 5.74) is 7.36. The molecule has 0 spiro atoms. The third-order valence-corrected chi connectivity index (χ3v) is 5.79. The number of furan rings is 1. The van der Waals surface area contributed by atoms with Gasteiger partial charge >= 0.3 is 0 Å². The lowest BCUT2D eigenvalue weighted by Gasteiger charge is -2.06. The highest BCUT2D eigenvalue weighted by Crippen LogP contribution is 2.40. The molecule has 8 heteroatoms. The molecule has 3 heterocycles. The summed E-state index contributed by atoms with van der Waals surface area (Å²) in [6, 6.07) is 4.98. The van der Waals surface area contributed by atoms with Gasteiger partial charge in [-0.25, -0.2) is 4.98 Å². The molecule has 0 fully saturated rings. The first-order valence-electron chi connectivity index (χ1n) is 6.83. The lowest BCUT2D eigenvalue weighted by Crippen LogP contribution is -2.23. The molecule has 0 aliphatic carbocycles. The number of hydrogen-bond acceptors (Lipinski definition) is 6. The Kier molecular flexibility index (Phi) is 5.01. The van der Waals surface area contributed by atoms with E-state index in [1.165, 1.54) is 0 Å². The number of aromatic nitrogens is 1. The summed E-state index contributed by atoms with van der Waals surface area (Å²) in [5.74, 6) is 0.824. The topological polar surface area (TPSA) is 81.2 Å². The number of carbonyl (C=O) groups excluding carboxylic acids is 1. The molecule has 5 nitrogen and oxygen atoms in total. The van der Waals surface area contributed by atoms with Gasteiger partial charge in [-0.1, -0.05) is 11.6 Å². The highest BCUT2D eigenvalue weighted by atomic mass is 79.9. The van der Waals surface area contributed by atoms with Gasteiger partial charge in [-0.3, -0.25) is 0 Å². The molecule has 3 rings (SSSR count). The quantitative estimate of drug-likeness (QED) is 0.471. The summed E-state index contributed by atoms with van der Waals surface area (Å²) < 4.78 is 7.11. The molecule has 0 bridgehead atoms. The van der Waals surface area contributed by atoms with Gasteiger partial charge in [0.25, 0.3) is 0 Å². The highest BCUT2D eigenvalue weighted by molar-refractivity contribution is 9.10. The molecular formula is C15H13BrClN3O2S. The normalized spacial score (nSPS) is 12.5. The fourth-order valence-corrected chi connectivity index (χ4v) is 4.38. The van der Waals surface area contributed by atoms with Crippen molar-refractivity contribution in [2.24, 2.45) is 5.73 Å². The van der Waals surface area contributed by atoms with Crippen LogP contribution in [-0.2, 0) is 17.8 Å². The summed E-state index contributed by atoms with van der Waals surface area (Å²) in [5, 5.41) is 3.70. The van der Waals surface area contributed by atoms with E-state index in [1.807, 2.05) is 12.1 Å². The van der Waals surface area contributed by atoms with E-state index in [0.717, 1.165) is 37.3 Å². The van der Waals surface area contributed by atoms with Gasteiger partial charge in [-0.15, -0.1) is 11.3 Å². The Morgan fingerprint density at radius 3 is 3.09 bits per heavy atom. The van der Waals surface area contributed by atoms with Crippen LogP contribution in [0.1, 0.15) is 10.6 Å². The fraction of sp³-hybridized carbons (Fsp3) is 0.200. The first-order chi connectivity index (χ1) is 11.1. The Hall–Kier alpha value is -1.41. The molecule has 23 heavy (non-hydrogen) atoms. The minimum Gasteiger partial charge on any atom is -0.467 e. The van der Waals surface area contributed by atoms with Gasteiger partial charge in [0, 0.05) is 17.4 Å². The SMILES string of the molecule is N[C@H](C=O)Cc1sc2c(NCc3ccco3)cc(Cl)nc2c1Br. The van der Waals surface area contributed by atoms with Crippen LogP contribution in [0.3, 0.4) is 0 Å². The number of nitrogens with one attached hydrogen (secondary N) is 1. The number of pyridine rings is 1. The van der Waals surface area contributed by atoms with Gasteiger partial charge < -0.3 is 20.3 Å². The van der Waals surface area contributed by atoms with Crippen molar-refractivity contribution in [2.75, 3.05) is 5.32 Å². The smallest absolute Gasteiger partial charge is 0.137 e. The second-order valence-corrected chi connectivity index (χ2v) is 7.23. The molecule has 0 unspecified atom stereocenters. The number of fused-ring (bicyclic) bond motifs is 1. The van der Waals surface area contributed by atoms with E-state index in [9.17, 15) is 4.79 Å². The van der Waals surface area contributed by atoms with Gasteiger partial charge in [0.2, 0.25) is 0 Å². The van der Waals surface area contributed by atoms with Crippen molar-refractivity contribution in [1.29, 1.82) is 0 Å². The van der Waals surface area contributed by atoms with Crippen molar-refractivity contribution in [2.45, 2.75) is 19.0 Å². The van der Waals surface area contributed by atoms with Crippen molar-refractivity contribution in [3.63, 3.8) is 0 Å². The number of anilines is 1. The maximum absolute atomic E-state index is 10.8. The predicted octanol–water partition coefficient (Wildman–Crippen LogP) is 3.99. The number of halogens is 2. The number of nitrogens with zero attached hydrogens (tertiary/aromatic N) is 1. The highest BCUT2D eigenvalue weighted by Gasteiger charge is 2.17. The van der Waals surface area contributed by atoms with Gasteiger partial charge in [0.15, 0.2) is 0 Å². The lowest BCUT2D eigenvalue weighted by molar-refractivity contribution is -0.108. The molecule has 0 amide bonds. The van der Waals surface area contributed by atoms with Crippen molar-refractivity contribution in [3.8, 4) is 0 Å². The monoisotopic (exact) mass is 413 g/mol. The van der Waals surface area contributed by atoms with E-state index in [0.29, 0.717) is 18.1 Å². The largest absolute Gasteiger partial charge is 0.467 e. The summed E-state index contributed by atoms with van der Waals surface area (Å²) >= 11 is 11.2. The molecule has 0 saturated carbocycles. The zero-order valence-electron chi connectivity index (χ0n) is 11.9. The van der Waals surface area contributed by atoms with Gasteiger partial charge in [-0.2, -0.15) is 0 Å². The zero-order valence-corrected chi connectivity index (χ0v) is 15.0. The standard InChI is InChI=1S/C15H13BrClN3O2S/c16-13-11(4-8(18)7-21)23-15-10(5-12(17)20-14(13)15)19-6-9-2-1-3-22-9/h1-3,5,7-8H,4,6,18H2,(H,19,20)/t8-/m0/s1. The zero-order chi connectivity index (χ0) is 16.4. The van der Waals surface area contributed by atoms with Crippen molar-refractivity contribution in [1.82, 2.24) is 4.98 Å². The maximum Gasteiger partial charge on any atom is 0.137 e. The van der Waals surface area contributed by atoms with Crippen LogP contribution in [0.2, 0.25) is 5.15 Å². The van der Waals surface area contributed by atoms with Crippen LogP contribution in [0.25, 0.3) is 10.2 Å². The molecule has 0 aromatic carbocycles.